The Bertz CT molecular complexity index is 934. The van der Waals surface area contributed by atoms with Gasteiger partial charge in [0.05, 0.1) is 6.42 Å². The molecule has 1 aromatic carbocycles. The van der Waals surface area contributed by atoms with Gasteiger partial charge in [-0.25, -0.2) is 0 Å². The van der Waals surface area contributed by atoms with Crippen LogP contribution in [0.4, 0.5) is 5.13 Å². The summed E-state index contributed by atoms with van der Waals surface area (Å²) in [6.45, 7) is 5.81. The summed E-state index contributed by atoms with van der Waals surface area (Å²) in [4.78, 5) is 26.0. The minimum atomic E-state index is -0.640. The molecule has 0 saturated heterocycles. The molecule has 0 bridgehead atoms. The highest BCUT2D eigenvalue weighted by atomic mass is 32.1. The molecule has 0 aliphatic heterocycles. The van der Waals surface area contributed by atoms with Crippen molar-refractivity contribution >= 4 is 39.6 Å². The Labute approximate surface area is 172 Å². The zero-order valence-corrected chi connectivity index (χ0v) is 17.6. The molecule has 3 aromatic rings. The van der Waals surface area contributed by atoms with Gasteiger partial charge in [-0.3, -0.25) is 14.9 Å². The summed E-state index contributed by atoms with van der Waals surface area (Å²) >= 11 is 2.83. The Morgan fingerprint density at radius 1 is 1.11 bits per heavy atom. The molecule has 3 rings (SSSR count). The third-order valence-electron chi connectivity index (χ3n) is 4.13. The second-order valence-electron chi connectivity index (χ2n) is 6.81. The molecule has 0 aliphatic rings. The molecule has 0 spiro atoms. The number of amides is 2. The van der Waals surface area contributed by atoms with E-state index in [1.165, 1.54) is 28.2 Å². The van der Waals surface area contributed by atoms with Crippen molar-refractivity contribution in [2.24, 2.45) is 5.92 Å². The molecule has 6 nitrogen and oxygen atoms in total. The van der Waals surface area contributed by atoms with Gasteiger partial charge >= 0.3 is 0 Å². The van der Waals surface area contributed by atoms with Gasteiger partial charge in [0.25, 0.3) is 0 Å². The van der Waals surface area contributed by atoms with Gasteiger partial charge in [-0.15, -0.1) is 21.5 Å². The van der Waals surface area contributed by atoms with E-state index in [1.54, 1.807) is 0 Å². The van der Waals surface area contributed by atoms with E-state index in [9.17, 15) is 9.59 Å². The molecule has 2 heterocycles. The van der Waals surface area contributed by atoms with Crippen LogP contribution in [-0.4, -0.2) is 28.1 Å². The van der Waals surface area contributed by atoms with Gasteiger partial charge in [-0.05, 0) is 24.3 Å². The Morgan fingerprint density at radius 2 is 1.86 bits per heavy atom. The normalized spacial score (nSPS) is 12.0. The molecule has 1 unspecified atom stereocenters. The number of benzene rings is 1. The van der Waals surface area contributed by atoms with Gasteiger partial charge in [0.1, 0.15) is 11.0 Å². The fourth-order valence-corrected chi connectivity index (χ4v) is 4.06. The van der Waals surface area contributed by atoms with E-state index in [1.807, 2.05) is 62.5 Å². The van der Waals surface area contributed by atoms with E-state index in [2.05, 4.69) is 20.8 Å². The van der Waals surface area contributed by atoms with Crippen LogP contribution in [-0.2, 0) is 16.0 Å². The first-order chi connectivity index (χ1) is 13.4. The monoisotopic (exact) mass is 414 g/mol. The van der Waals surface area contributed by atoms with Crippen molar-refractivity contribution in [3.05, 3.63) is 52.2 Å². The number of thiophene rings is 1. The van der Waals surface area contributed by atoms with Gasteiger partial charge in [-0.1, -0.05) is 61.1 Å². The second-order valence-corrected chi connectivity index (χ2v) is 8.82. The largest absolute Gasteiger partial charge is 0.344 e. The first-order valence-corrected chi connectivity index (χ1v) is 10.6. The minimum absolute atomic E-state index is 0.0585. The maximum atomic E-state index is 12.7. The molecule has 8 heteroatoms. The highest BCUT2D eigenvalue weighted by Crippen LogP contribution is 2.26. The molecular weight excluding hydrogens is 392 g/mol. The number of rotatable bonds is 7. The summed E-state index contributed by atoms with van der Waals surface area (Å²) in [5.41, 5.74) is 2.12. The van der Waals surface area contributed by atoms with Crippen molar-refractivity contribution in [1.82, 2.24) is 15.5 Å². The summed E-state index contributed by atoms with van der Waals surface area (Å²) in [5, 5.41) is 16.9. The molecule has 0 fully saturated rings. The summed E-state index contributed by atoms with van der Waals surface area (Å²) in [6, 6.07) is 11.1. The number of nitrogens with one attached hydrogen (secondary N) is 2. The molecule has 2 amide bonds. The van der Waals surface area contributed by atoms with Gasteiger partial charge < -0.3 is 5.32 Å². The Kier molecular flexibility index (Phi) is 6.53. The summed E-state index contributed by atoms with van der Waals surface area (Å²) < 4.78 is 0. The predicted octanol–water partition coefficient (Wildman–Crippen LogP) is 3.90. The van der Waals surface area contributed by atoms with E-state index in [0.29, 0.717) is 5.13 Å². The SMILES string of the molecule is Cc1ccc(-c2nnc(NC(=O)C(NC(=O)Cc3cccs3)C(C)C)s2)cc1. The Balaban J connectivity index is 1.64. The van der Waals surface area contributed by atoms with E-state index < -0.39 is 6.04 Å². The van der Waals surface area contributed by atoms with Crippen LogP contribution in [0.5, 0.6) is 0 Å². The van der Waals surface area contributed by atoms with Crippen LogP contribution in [0.2, 0.25) is 0 Å². The lowest BCUT2D eigenvalue weighted by molar-refractivity contribution is -0.127. The quantitative estimate of drug-likeness (QED) is 0.614. The van der Waals surface area contributed by atoms with Crippen LogP contribution in [0.25, 0.3) is 10.6 Å². The topological polar surface area (TPSA) is 84.0 Å². The third kappa shape index (κ3) is 5.24. The van der Waals surface area contributed by atoms with Crippen LogP contribution < -0.4 is 10.6 Å². The molecule has 0 aliphatic carbocycles. The average Bonchev–Trinajstić information content (AvgIpc) is 3.32. The lowest BCUT2D eigenvalue weighted by Gasteiger charge is -2.20. The summed E-state index contributed by atoms with van der Waals surface area (Å²) in [7, 11) is 0. The average molecular weight is 415 g/mol. The van der Waals surface area contributed by atoms with Crippen molar-refractivity contribution in [2.45, 2.75) is 33.2 Å². The van der Waals surface area contributed by atoms with Crippen LogP contribution in [0, 0.1) is 12.8 Å². The smallest absolute Gasteiger partial charge is 0.249 e. The zero-order chi connectivity index (χ0) is 20.1. The third-order valence-corrected chi connectivity index (χ3v) is 5.90. The van der Waals surface area contributed by atoms with Gasteiger partial charge in [0.15, 0.2) is 0 Å². The molecule has 146 valence electrons. The van der Waals surface area contributed by atoms with Gasteiger partial charge in [0, 0.05) is 10.4 Å². The van der Waals surface area contributed by atoms with Crippen LogP contribution in [0.1, 0.15) is 24.3 Å². The Morgan fingerprint density at radius 3 is 2.50 bits per heavy atom. The van der Waals surface area contributed by atoms with Crippen LogP contribution in [0.15, 0.2) is 41.8 Å². The number of nitrogens with zero attached hydrogens (tertiary/aromatic N) is 2. The fraction of sp³-hybridized carbons (Fsp3) is 0.300. The first kappa shape index (κ1) is 20.2. The van der Waals surface area contributed by atoms with Gasteiger partial charge in [-0.2, -0.15) is 0 Å². The summed E-state index contributed by atoms with van der Waals surface area (Å²) in [5.74, 6) is -0.521. The number of aryl methyl sites for hydroxylation is 1. The zero-order valence-electron chi connectivity index (χ0n) is 15.9. The molecule has 2 aromatic heterocycles. The predicted molar refractivity (Wildman–Crippen MR) is 114 cm³/mol. The lowest BCUT2D eigenvalue weighted by Crippen LogP contribution is -2.47. The number of carbonyl (C=O) groups is 2. The van der Waals surface area contributed by atoms with Crippen molar-refractivity contribution < 1.29 is 9.59 Å². The maximum Gasteiger partial charge on any atom is 0.249 e. The lowest BCUT2D eigenvalue weighted by atomic mass is 10.0. The van der Waals surface area contributed by atoms with Crippen molar-refractivity contribution in [2.75, 3.05) is 5.32 Å². The number of carbonyl (C=O) groups excluding carboxylic acids is 2. The van der Waals surface area contributed by atoms with E-state index in [0.717, 1.165) is 15.4 Å². The van der Waals surface area contributed by atoms with E-state index >= 15 is 0 Å². The van der Waals surface area contributed by atoms with Crippen molar-refractivity contribution in [1.29, 1.82) is 0 Å². The minimum Gasteiger partial charge on any atom is -0.344 e. The van der Waals surface area contributed by atoms with E-state index in [4.69, 9.17) is 0 Å². The molecule has 0 saturated carbocycles. The maximum absolute atomic E-state index is 12.7. The second kappa shape index (κ2) is 9.07. The van der Waals surface area contributed by atoms with Crippen LogP contribution in [0.3, 0.4) is 0 Å². The number of anilines is 1. The van der Waals surface area contributed by atoms with Crippen molar-refractivity contribution in [3.63, 3.8) is 0 Å². The van der Waals surface area contributed by atoms with E-state index in [-0.39, 0.29) is 24.2 Å². The molecule has 1 atom stereocenters. The molecular formula is C20H22N4O2S2. The summed E-state index contributed by atoms with van der Waals surface area (Å²) in [6.07, 6.45) is 0.268. The Hall–Kier alpha value is -2.58. The van der Waals surface area contributed by atoms with Crippen molar-refractivity contribution in [3.8, 4) is 10.6 Å². The molecule has 0 radical (unpaired) electrons. The van der Waals surface area contributed by atoms with Gasteiger partial charge in [0.2, 0.25) is 16.9 Å². The van der Waals surface area contributed by atoms with Crippen LogP contribution >= 0.6 is 22.7 Å². The number of hydrogen-bond donors (Lipinski definition) is 2. The molecule has 2 N–H and O–H groups in total. The standard InChI is InChI=1S/C20H22N4O2S2/c1-12(2)17(21-16(25)11-15-5-4-10-27-15)18(26)22-20-24-23-19(28-20)14-8-6-13(3)7-9-14/h4-10,12,17H,11H2,1-3H3,(H,21,25)(H,22,24,26). The fourth-order valence-electron chi connectivity index (χ4n) is 2.60. The molecule has 28 heavy (non-hydrogen) atoms. The number of aromatic nitrogens is 2. The highest BCUT2D eigenvalue weighted by Gasteiger charge is 2.25. The first-order valence-electron chi connectivity index (χ1n) is 8.95. The highest BCUT2D eigenvalue weighted by molar-refractivity contribution is 7.18. The number of hydrogen-bond acceptors (Lipinski definition) is 6.